The van der Waals surface area contributed by atoms with Crippen molar-refractivity contribution in [3.63, 3.8) is 0 Å². The average molecular weight is 475 g/mol. The highest BCUT2D eigenvalue weighted by Crippen LogP contribution is 2.20. The van der Waals surface area contributed by atoms with Crippen molar-refractivity contribution in [3.8, 4) is 0 Å². The zero-order valence-corrected chi connectivity index (χ0v) is 22.7. The van der Waals surface area contributed by atoms with E-state index in [0.29, 0.717) is 12.8 Å². The van der Waals surface area contributed by atoms with Crippen LogP contribution in [0.5, 0.6) is 0 Å². The fraction of sp³-hybridized carbons (Fsp3) is 1.00. The van der Waals surface area contributed by atoms with Crippen molar-refractivity contribution in [2.24, 2.45) is 0 Å². The molecule has 1 atom stereocenters. The highest BCUT2D eigenvalue weighted by molar-refractivity contribution is 7.86. The predicted octanol–water partition coefficient (Wildman–Crippen LogP) is 10.0. The van der Waals surface area contributed by atoms with Gasteiger partial charge < -0.3 is 0 Å². The molecule has 0 saturated carbocycles. The highest BCUT2D eigenvalue weighted by Gasteiger charge is 2.21. The minimum atomic E-state index is -3.89. The first-order valence-corrected chi connectivity index (χ1v) is 16.0. The Bertz CT molecular complexity index is 461. The minimum Gasteiger partial charge on any atom is -0.285 e. The van der Waals surface area contributed by atoms with E-state index in [9.17, 15) is 13.0 Å². The summed E-state index contributed by atoms with van der Waals surface area (Å²) in [5.74, 6) is 0. The lowest BCUT2D eigenvalue weighted by Gasteiger charge is -2.13. The Kier molecular flexibility index (Phi) is 24.0. The first-order valence-electron chi connectivity index (χ1n) is 14.5. The van der Waals surface area contributed by atoms with E-state index in [1.807, 2.05) is 0 Å². The molecule has 1 N–H and O–H groups in total. The van der Waals surface area contributed by atoms with Crippen molar-refractivity contribution >= 4 is 10.1 Å². The molecular weight excluding hydrogens is 416 g/mol. The molecule has 0 aliphatic rings. The van der Waals surface area contributed by atoms with Crippen LogP contribution in [0.1, 0.15) is 174 Å². The molecule has 0 saturated heterocycles. The fourth-order valence-corrected chi connectivity index (χ4v) is 5.62. The van der Waals surface area contributed by atoms with Gasteiger partial charge in [-0.15, -0.1) is 0 Å². The molecule has 0 heterocycles. The van der Waals surface area contributed by atoms with E-state index in [0.717, 1.165) is 25.7 Å². The molecule has 4 heteroatoms. The zero-order valence-electron chi connectivity index (χ0n) is 21.9. The molecule has 194 valence electrons. The van der Waals surface area contributed by atoms with Gasteiger partial charge in [-0.2, -0.15) is 8.42 Å². The highest BCUT2D eigenvalue weighted by atomic mass is 32.2. The van der Waals surface area contributed by atoms with Crippen LogP contribution in [0.25, 0.3) is 0 Å². The Morgan fingerprint density at radius 1 is 0.438 bits per heavy atom. The van der Waals surface area contributed by atoms with Gasteiger partial charge in [0.15, 0.2) is 0 Å². The van der Waals surface area contributed by atoms with E-state index in [1.165, 1.54) is 122 Å². The van der Waals surface area contributed by atoms with E-state index in [-0.39, 0.29) is 0 Å². The molecule has 0 aliphatic heterocycles. The Balaban J connectivity index is 3.56. The summed E-state index contributed by atoms with van der Waals surface area (Å²) in [7, 11) is -3.89. The molecule has 0 fully saturated rings. The molecule has 0 radical (unpaired) electrons. The summed E-state index contributed by atoms with van der Waals surface area (Å²) in [6.07, 6.45) is 30.7. The van der Waals surface area contributed by atoms with Gasteiger partial charge >= 0.3 is 0 Å². The van der Waals surface area contributed by atoms with Gasteiger partial charge in [0, 0.05) is 0 Å². The van der Waals surface area contributed by atoms with Gasteiger partial charge in [0.05, 0.1) is 5.25 Å². The number of rotatable bonds is 26. The lowest BCUT2D eigenvalue weighted by atomic mass is 10.0. The maximum Gasteiger partial charge on any atom is 0.267 e. The van der Waals surface area contributed by atoms with Crippen LogP contribution in [0.15, 0.2) is 0 Å². The van der Waals surface area contributed by atoms with Gasteiger partial charge in [-0.1, -0.05) is 162 Å². The molecule has 0 spiro atoms. The second-order valence-corrected chi connectivity index (χ2v) is 11.8. The third kappa shape index (κ3) is 23.1. The second kappa shape index (κ2) is 24.0. The Morgan fingerprint density at radius 3 is 0.875 bits per heavy atom. The van der Waals surface area contributed by atoms with Gasteiger partial charge in [0.1, 0.15) is 0 Å². The number of hydrogen-bond acceptors (Lipinski definition) is 2. The van der Waals surface area contributed by atoms with E-state index in [2.05, 4.69) is 13.8 Å². The third-order valence-corrected chi connectivity index (χ3v) is 8.24. The van der Waals surface area contributed by atoms with Crippen molar-refractivity contribution in [2.75, 3.05) is 0 Å². The predicted molar refractivity (Wildman–Crippen MR) is 142 cm³/mol. The van der Waals surface area contributed by atoms with Crippen LogP contribution >= 0.6 is 0 Å². The molecule has 3 nitrogen and oxygen atoms in total. The maximum absolute atomic E-state index is 11.7. The molecular formula is C28H58O3S. The lowest BCUT2D eigenvalue weighted by Crippen LogP contribution is -2.20. The van der Waals surface area contributed by atoms with Crippen molar-refractivity contribution in [1.82, 2.24) is 0 Å². The Hall–Kier alpha value is -0.0900. The first-order chi connectivity index (χ1) is 15.5. The van der Waals surface area contributed by atoms with Crippen molar-refractivity contribution < 1.29 is 13.0 Å². The molecule has 0 aromatic heterocycles. The first kappa shape index (κ1) is 31.9. The Morgan fingerprint density at radius 2 is 0.656 bits per heavy atom. The van der Waals surface area contributed by atoms with Crippen molar-refractivity contribution in [2.45, 2.75) is 180 Å². The van der Waals surface area contributed by atoms with Gasteiger partial charge in [-0.05, 0) is 12.8 Å². The molecule has 0 aromatic rings. The third-order valence-electron chi connectivity index (χ3n) is 6.93. The zero-order chi connectivity index (χ0) is 23.8. The van der Waals surface area contributed by atoms with Crippen LogP contribution in [0.4, 0.5) is 0 Å². The number of unbranched alkanes of at least 4 members (excludes halogenated alkanes) is 21. The van der Waals surface area contributed by atoms with Crippen LogP contribution in [0.3, 0.4) is 0 Å². The van der Waals surface area contributed by atoms with Crippen LogP contribution in [0.2, 0.25) is 0 Å². The van der Waals surface area contributed by atoms with Crippen molar-refractivity contribution in [1.29, 1.82) is 0 Å². The van der Waals surface area contributed by atoms with E-state index >= 15 is 0 Å². The summed E-state index contributed by atoms with van der Waals surface area (Å²) < 4.78 is 33.0. The van der Waals surface area contributed by atoms with Crippen LogP contribution in [-0.4, -0.2) is 18.2 Å². The smallest absolute Gasteiger partial charge is 0.267 e. The summed E-state index contributed by atoms with van der Waals surface area (Å²) in [5, 5.41) is -0.538. The quantitative estimate of drug-likeness (QED) is 0.100. The average Bonchev–Trinajstić information content (AvgIpc) is 2.75. The minimum absolute atomic E-state index is 0.538. The SMILES string of the molecule is CCCCCCCCCCCCCCCCC(CCCCCCCCCCC)S(=O)(=O)O. The largest absolute Gasteiger partial charge is 0.285 e. The number of hydrogen-bond donors (Lipinski definition) is 1. The normalized spacial score (nSPS) is 13.0. The summed E-state index contributed by atoms with van der Waals surface area (Å²) in [6, 6.07) is 0. The van der Waals surface area contributed by atoms with Gasteiger partial charge in [0.2, 0.25) is 0 Å². The molecule has 0 aliphatic carbocycles. The van der Waals surface area contributed by atoms with Gasteiger partial charge in [0.25, 0.3) is 10.1 Å². The fourth-order valence-electron chi connectivity index (χ4n) is 4.69. The standard InChI is InChI=1S/C28H58O3S/c1-3-5-7-9-11-13-14-15-16-17-19-21-23-25-27-28(32(29,30)31)26-24-22-20-18-12-10-8-6-4-2/h28H,3-27H2,1-2H3,(H,29,30,31). The maximum atomic E-state index is 11.7. The van der Waals surface area contributed by atoms with E-state index < -0.39 is 15.4 Å². The lowest BCUT2D eigenvalue weighted by molar-refractivity contribution is 0.442. The molecule has 1 unspecified atom stereocenters. The van der Waals surface area contributed by atoms with Gasteiger partial charge in [-0.25, -0.2) is 0 Å². The Labute approximate surface area is 202 Å². The topological polar surface area (TPSA) is 54.4 Å². The second-order valence-electron chi connectivity index (χ2n) is 10.1. The van der Waals surface area contributed by atoms with Crippen molar-refractivity contribution in [3.05, 3.63) is 0 Å². The van der Waals surface area contributed by atoms with Crippen LogP contribution < -0.4 is 0 Å². The molecule has 0 bridgehead atoms. The molecule has 0 rings (SSSR count). The van der Waals surface area contributed by atoms with E-state index in [4.69, 9.17) is 0 Å². The summed E-state index contributed by atoms with van der Waals surface area (Å²) in [5.41, 5.74) is 0. The van der Waals surface area contributed by atoms with E-state index in [1.54, 1.807) is 0 Å². The van der Waals surface area contributed by atoms with Crippen LogP contribution in [0, 0.1) is 0 Å². The van der Waals surface area contributed by atoms with Crippen LogP contribution in [-0.2, 0) is 10.1 Å². The monoisotopic (exact) mass is 474 g/mol. The molecule has 0 amide bonds. The molecule has 32 heavy (non-hydrogen) atoms. The van der Waals surface area contributed by atoms with Gasteiger partial charge in [-0.3, -0.25) is 4.55 Å². The molecule has 0 aromatic carbocycles. The summed E-state index contributed by atoms with van der Waals surface area (Å²) in [4.78, 5) is 0. The summed E-state index contributed by atoms with van der Waals surface area (Å²) in [6.45, 7) is 4.51. The summed E-state index contributed by atoms with van der Waals surface area (Å²) >= 11 is 0.